The largest absolute Gasteiger partial charge is 0.325 e. The molecule has 0 saturated carbocycles. The van der Waals surface area contributed by atoms with Crippen LogP contribution in [0.1, 0.15) is 26.7 Å². The number of carbonyl (C=O) groups is 3. The quantitative estimate of drug-likeness (QED) is 0.0987. The summed E-state index contributed by atoms with van der Waals surface area (Å²) in [7, 11) is 0. The molecule has 0 aliphatic rings. The minimum absolute atomic E-state index is 0.0618. The van der Waals surface area contributed by atoms with Gasteiger partial charge in [-0.15, -0.1) is 11.8 Å². The van der Waals surface area contributed by atoms with Crippen molar-refractivity contribution >= 4 is 86.1 Å². The summed E-state index contributed by atoms with van der Waals surface area (Å²) in [6.07, 6.45) is 1.61. The molecule has 0 aromatic heterocycles. The van der Waals surface area contributed by atoms with Crippen LogP contribution >= 0.6 is 50.9 Å². The average Bonchev–Trinajstić information content (AvgIpc) is 3.04. The second-order valence-electron chi connectivity index (χ2n) is 9.97. The summed E-state index contributed by atoms with van der Waals surface area (Å²) in [5.74, 6) is -1.20. The highest BCUT2D eigenvalue weighted by Crippen LogP contribution is 2.37. The Bertz CT molecular complexity index is 1890. The lowest BCUT2D eigenvalue weighted by Crippen LogP contribution is -2.30. The monoisotopic (exact) mass is 729 g/mol. The molecule has 5 aromatic rings. The third kappa shape index (κ3) is 9.34. The molecule has 5 rings (SSSR count). The summed E-state index contributed by atoms with van der Waals surface area (Å²) in [4.78, 5) is 40.9. The summed E-state index contributed by atoms with van der Waals surface area (Å²) in [6.45, 7) is 0. The number of nitrogens with one attached hydrogen (secondary N) is 3. The van der Waals surface area contributed by atoms with Crippen molar-refractivity contribution in [2.75, 3.05) is 10.6 Å². The molecule has 1 unspecified atom stereocenters. The molecule has 3 amide bonds. The number of hydrogen-bond donors (Lipinski definition) is 3. The van der Waals surface area contributed by atoms with Crippen molar-refractivity contribution in [2.45, 2.75) is 10.1 Å². The minimum atomic E-state index is -0.637. The zero-order valence-electron chi connectivity index (χ0n) is 24.0. The Morgan fingerprint density at radius 1 is 0.696 bits per heavy atom. The van der Waals surface area contributed by atoms with E-state index in [1.165, 1.54) is 11.8 Å². The molecule has 46 heavy (non-hydrogen) atoms. The molecule has 0 fully saturated rings. The number of carbonyl (C=O) groups excluding carboxylic acids is 3. The Morgan fingerprint density at radius 3 is 2.07 bits per heavy atom. The predicted octanol–water partition coefficient (Wildman–Crippen LogP) is 9.64. The van der Waals surface area contributed by atoms with Gasteiger partial charge in [-0.05, 0) is 77.9 Å². The van der Waals surface area contributed by atoms with E-state index < -0.39 is 17.1 Å². The summed E-state index contributed by atoms with van der Waals surface area (Å²) < 4.78 is 0.829. The van der Waals surface area contributed by atoms with Gasteiger partial charge < -0.3 is 16.0 Å². The maximum atomic E-state index is 13.6. The fourth-order valence-corrected chi connectivity index (χ4v) is 6.45. The molecule has 0 heterocycles. The molecule has 6 nitrogen and oxygen atoms in total. The molecule has 0 aliphatic carbocycles. The molecule has 0 spiro atoms. The molecule has 0 bridgehead atoms. The van der Waals surface area contributed by atoms with Crippen LogP contribution < -0.4 is 16.0 Å². The third-order valence-electron chi connectivity index (χ3n) is 6.50. The molecule has 0 radical (unpaired) electrons. The Labute approximate surface area is 289 Å². The van der Waals surface area contributed by atoms with Crippen LogP contribution in [0.5, 0.6) is 0 Å². The number of anilines is 2. The van der Waals surface area contributed by atoms with Gasteiger partial charge in [0.15, 0.2) is 0 Å². The minimum Gasteiger partial charge on any atom is -0.325 e. The molecule has 0 aliphatic heterocycles. The van der Waals surface area contributed by atoms with E-state index in [0.29, 0.717) is 27.0 Å². The highest BCUT2D eigenvalue weighted by molar-refractivity contribution is 9.10. The summed E-state index contributed by atoms with van der Waals surface area (Å²) in [5, 5.41) is 8.73. The standard InChI is InChI=1S/C36H26BrCl2N3O3S/c37-26-14-7-9-23(17-26)18-32(42-34(43)25-12-5-2-6-13-25)35(44)40-29-15-8-16-31(22-29)46-33(24-10-3-1-4-11-24)36(45)41-30-20-27(38)19-28(39)21-30/h1-22,33H,(H,40,44)(H,41,45)(H,42,43)/b32-18+. The van der Waals surface area contributed by atoms with E-state index in [2.05, 4.69) is 31.9 Å². The van der Waals surface area contributed by atoms with Crippen LogP contribution in [-0.2, 0) is 9.59 Å². The number of amides is 3. The van der Waals surface area contributed by atoms with Crippen LogP contribution in [0.25, 0.3) is 6.08 Å². The maximum Gasteiger partial charge on any atom is 0.272 e. The molecule has 1 atom stereocenters. The fraction of sp³-hybridized carbons (Fsp3) is 0.0278. The van der Waals surface area contributed by atoms with Gasteiger partial charge in [0.1, 0.15) is 10.9 Å². The van der Waals surface area contributed by atoms with E-state index in [-0.39, 0.29) is 11.6 Å². The van der Waals surface area contributed by atoms with Crippen LogP contribution in [0.2, 0.25) is 10.0 Å². The van der Waals surface area contributed by atoms with Gasteiger partial charge in [0.25, 0.3) is 11.8 Å². The summed E-state index contributed by atoms with van der Waals surface area (Å²) in [6, 6.07) is 37.4. The highest BCUT2D eigenvalue weighted by atomic mass is 79.9. The van der Waals surface area contributed by atoms with Gasteiger partial charge in [-0.1, -0.05) is 106 Å². The van der Waals surface area contributed by atoms with Crippen LogP contribution in [0, 0.1) is 0 Å². The zero-order chi connectivity index (χ0) is 32.5. The Morgan fingerprint density at radius 2 is 1.37 bits per heavy atom. The zero-order valence-corrected chi connectivity index (χ0v) is 28.0. The summed E-state index contributed by atoms with van der Waals surface area (Å²) in [5.41, 5.74) is 2.95. The Kier molecular flexibility index (Phi) is 11.3. The Hall–Kier alpha value is -4.34. The average molecular weight is 731 g/mol. The van der Waals surface area contributed by atoms with Gasteiger partial charge in [0.2, 0.25) is 5.91 Å². The van der Waals surface area contributed by atoms with Crippen molar-refractivity contribution in [3.05, 3.63) is 164 Å². The summed E-state index contributed by atoms with van der Waals surface area (Å²) >= 11 is 17.1. The van der Waals surface area contributed by atoms with Gasteiger partial charge in [-0.2, -0.15) is 0 Å². The second kappa shape index (κ2) is 15.8. The lowest BCUT2D eigenvalue weighted by Gasteiger charge is -2.18. The molecular formula is C36H26BrCl2N3O3S. The first-order valence-electron chi connectivity index (χ1n) is 14.0. The third-order valence-corrected chi connectivity index (χ3v) is 8.68. The molecule has 5 aromatic carbocycles. The van der Waals surface area contributed by atoms with Crippen molar-refractivity contribution < 1.29 is 14.4 Å². The van der Waals surface area contributed by atoms with Gasteiger partial charge >= 0.3 is 0 Å². The maximum absolute atomic E-state index is 13.6. The van der Waals surface area contributed by atoms with Crippen LogP contribution in [0.15, 0.2) is 142 Å². The van der Waals surface area contributed by atoms with E-state index in [9.17, 15) is 14.4 Å². The van der Waals surface area contributed by atoms with E-state index >= 15 is 0 Å². The van der Waals surface area contributed by atoms with E-state index in [4.69, 9.17) is 23.2 Å². The van der Waals surface area contributed by atoms with E-state index in [0.717, 1.165) is 20.5 Å². The number of benzene rings is 5. The molecule has 3 N–H and O–H groups in total. The topological polar surface area (TPSA) is 87.3 Å². The van der Waals surface area contributed by atoms with Crippen molar-refractivity contribution in [3.63, 3.8) is 0 Å². The number of rotatable bonds is 10. The first-order valence-corrected chi connectivity index (χ1v) is 16.4. The van der Waals surface area contributed by atoms with Crippen molar-refractivity contribution in [3.8, 4) is 0 Å². The first-order chi connectivity index (χ1) is 22.2. The Balaban J connectivity index is 1.38. The van der Waals surface area contributed by atoms with Gasteiger partial charge in [0.05, 0.1) is 0 Å². The second-order valence-corrected chi connectivity index (χ2v) is 12.9. The lowest BCUT2D eigenvalue weighted by molar-refractivity contribution is -0.116. The van der Waals surface area contributed by atoms with Crippen molar-refractivity contribution in [1.29, 1.82) is 0 Å². The van der Waals surface area contributed by atoms with Crippen LogP contribution in [0.4, 0.5) is 11.4 Å². The van der Waals surface area contributed by atoms with Crippen LogP contribution in [-0.4, -0.2) is 17.7 Å². The molecule has 0 saturated heterocycles. The lowest BCUT2D eigenvalue weighted by atomic mass is 10.1. The van der Waals surface area contributed by atoms with Gasteiger partial charge in [-0.25, -0.2) is 0 Å². The number of hydrogen-bond acceptors (Lipinski definition) is 4. The first kappa shape index (κ1) is 33.0. The smallest absolute Gasteiger partial charge is 0.272 e. The SMILES string of the molecule is O=C(Nc1cccc(SC(C(=O)Nc2cc(Cl)cc(Cl)c2)c2ccccc2)c1)/C(=C\c1cccc(Br)c1)NC(=O)c1ccccc1. The van der Waals surface area contributed by atoms with Gasteiger partial charge in [0, 0.05) is 36.4 Å². The molecule has 10 heteroatoms. The van der Waals surface area contributed by atoms with Crippen LogP contribution in [0.3, 0.4) is 0 Å². The molecule has 230 valence electrons. The van der Waals surface area contributed by atoms with Gasteiger partial charge in [-0.3, -0.25) is 14.4 Å². The van der Waals surface area contributed by atoms with E-state index in [1.54, 1.807) is 66.7 Å². The predicted molar refractivity (Wildman–Crippen MR) is 191 cm³/mol. The number of thioether (sulfide) groups is 1. The number of halogens is 3. The molecular weight excluding hydrogens is 705 g/mol. The normalized spacial score (nSPS) is 11.8. The fourth-order valence-electron chi connectivity index (χ4n) is 4.42. The highest BCUT2D eigenvalue weighted by Gasteiger charge is 2.23. The van der Waals surface area contributed by atoms with Crippen molar-refractivity contribution in [1.82, 2.24) is 5.32 Å². The van der Waals surface area contributed by atoms with Crippen molar-refractivity contribution in [2.24, 2.45) is 0 Å². The van der Waals surface area contributed by atoms with E-state index in [1.807, 2.05) is 66.7 Å².